The predicted molar refractivity (Wildman–Crippen MR) is 571 cm³/mol. The van der Waals surface area contributed by atoms with Crippen molar-refractivity contribution in [3.63, 3.8) is 0 Å². The number of nitrogens with zero attached hydrogens (tertiary/aromatic N) is 29. The van der Waals surface area contributed by atoms with Crippen molar-refractivity contribution in [3.05, 3.63) is 415 Å². The smallest absolute Gasteiger partial charge is 0.246 e. The van der Waals surface area contributed by atoms with Gasteiger partial charge in [-0.1, -0.05) is 48.1 Å². The zero-order chi connectivity index (χ0) is 100. The maximum Gasteiger partial charge on any atom is 0.246 e. The second-order valence-corrected chi connectivity index (χ2v) is 33.7. The molecule has 28 rings (SSSR count). The fraction of sp³-hybridized carbons (Fsp3) is 0.138. The zero-order valence-electron chi connectivity index (χ0n) is 81.2. The summed E-state index contributed by atoms with van der Waals surface area (Å²) in [6.07, 6.45) is 48.8. The van der Waals surface area contributed by atoms with Crippen LogP contribution in [0.25, 0.3) is 137 Å². The highest BCUT2D eigenvalue weighted by molar-refractivity contribution is 7.17. The molecule has 1 aromatic carbocycles. The number of imidazole rings is 2. The highest BCUT2D eigenvalue weighted by Gasteiger charge is 2.08. The molecule has 34 nitrogen and oxygen atoms in total. The second-order valence-electron chi connectivity index (χ2n) is 32.1. The lowest BCUT2D eigenvalue weighted by molar-refractivity contribution is 0.428. The number of oxazole rings is 2. The molecule has 28 aromatic rings. The molecule has 724 valence electrons. The van der Waals surface area contributed by atoms with Gasteiger partial charge in [-0.15, -0.1) is 22.7 Å². The average Bonchev–Trinajstić information content (AvgIpc) is 1.52. The Morgan fingerprint density at radius 2 is 0.993 bits per heavy atom. The lowest BCUT2D eigenvalue weighted by atomic mass is 10.2. The van der Waals surface area contributed by atoms with Gasteiger partial charge < -0.3 is 22.3 Å². The number of fused-ring (bicyclic) bond motifs is 14. The average molecular weight is 1960 g/mol. The number of benzene rings is 1. The molecule has 27 aromatic heterocycles. The van der Waals surface area contributed by atoms with Crippen molar-refractivity contribution in [3.8, 4) is 0 Å². The van der Waals surface area contributed by atoms with Crippen molar-refractivity contribution in [2.75, 3.05) is 0 Å². The Hall–Kier alpha value is -18.6. The summed E-state index contributed by atoms with van der Waals surface area (Å²) in [5.41, 5.74) is 36.9. The second kappa shape index (κ2) is 50.8. The molecule has 0 saturated heterocycles. The van der Waals surface area contributed by atoms with Crippen LogP contribution in [0.4, 0.5) is 0 Å². The van der Waals surface area contributed by atoms with E-state index in [4.69, 9.17) is 17.9 Å². The number of aromatic amines is 1. The third kappa shape index (κ3) is 27.1. The number of hydrogen-bond donors (Lipinski definition) is 1. The molecule has 0 fully saturated rings. The Labute approximate surface area is 840 Å². The summed E-state index contributed by atoms with van der Waals surface area (Å²) in [5, 5.41) is 22.9. The van der Waals surface area contributed by atoms with Crippen molar-refractivity contribution in [2.24, 2.45) is 0 Å². The topological polar surface area (TPSA) is 417 Å². The first-order valence-electron chi connectivity index (χ1n) is 45.1. The first-order chi connectivity index (χ1) is 70.3. The van der Waals surface area contributed by atoms with Crippen LogP contribution in [0.3, 0.4) is 0 Å². The van der Waals surface area contributed by atoms with Crippen LogP contribution < -0.4 is 0 Å². The van der Waals surface area contributed by atoms with Gasteiger partial charge in [0.15, 0.2) is 40.9 Å². The summed E-state index contributed by atoms with van der Waals surface area (Å²) in [6.45, 7) is 28.3. The van der Waals surface area contributed by atoms with Gasteiger partial charge in [-0.25, -0.2) is 74.3 Å². The number of thiazole rings is 2. The monoisotopic (exact) mass is 1960 g/mol. The fourth-order valence-electron chi connectivity index (χ4n) is 14.0. The van der Waals surface area contributed by atoms with Crippen LogP contribution in [0.15, 0.2) is 355 Å². The molecule has 36 heteroatoms. The number of aromatic nitrogens is 30. The molecule has 0 amide bonds. The normalized spacial score (nSPS) is 10.4. The van der Waals surface area contributed by atoms with Gasteiger partial charge in [0.1, 0.15) is 62.6 Å². The molecule has 0 aliphatic heterocycles. The van der Waals surface area contributed by atoms with E-state index in [1.807, 2.05) is 282 Å². The molecule has 0 aliphatic carbocycles. The van der Waals surface area contributed by atoms with Gasteiger partial charge in [0.2, 0.25) is 5.71 Å². The van der Waals surface area contributed by atoms with E-state index < -0.39 is 0 Å². The third-order valence-corrected chi connectivity index (χ3v) is 23.6. The molecular weight excluding hydrogens is 1860 g/mol. The standard InChI is InChI=1S/3C9H8N2.C8H7N3.3C8H8N2.C7H7N3.4C7H6N2O.2C7H6N2S.CH4/c1-7-2-5-11-9-3-4-10-6-8(7)9;1-7-4-6-10-8-3-2-5-11-9(7)8;1-7-4-6-11-9-8(7)3-2-5-10-9;1-6-7-2-3-9-4-8(7)11-5-10-6;1-7-3-2-5-10-6-4-9-8(7)10;1-7-3-2-4-8-5-6-9-10(7)8;1-6-3-2-4-7-5-9-10-8(6)7;1-6-4-9-7-2-3-8-5-10(6)7;1-5-2-3-8-7-6(5)10-4-9-7;1-5-2-3-8-7-6(5)9-4-10-7;1-5-2-3-8-6-4-10-9-7(5)6;1-5-2-3-8-6-4-9-10-7(5)6;1-5-2-3-8-7-6(5)10-4-9-7;1-5-2-3-8-7-6(5)9-4-10-7;/h3*2-6H,1H3;2-5H,1H3;2*2-6H,1H3;2-5H,1H3,(H,9,10);2-5H,1H3;6*2-4H,1H3;1H4. The number of rotatable bonds is 0. The summed E-state index contributed by atoms with van der Waals surface area (Å²) in [7, 11) is 0. The quantitative estimate of drug-likeness (QED) is 0.147. The molecule has 0 spiro atoms. The van der Waals surface area contributed by atoms with Gasteiger partial charge in [-0.3, -0.25) is 44.4 Å². The number of pyridine rings is 15. The minimum Gasteiger partial charge on any atom is -0.441 e. The Morgan fingerprint density at radius 3 is 1.72 bits per heavy atom. The Morgan fingerprint density at radius 1 is 0.345 bits per heavy atom. The molecule has 0 aliphatic rings. The molecule has 145 heavy (non-hydrogen) atoms. The van der Waals surface area contributed by atoms with Crippen LogP contribution in [0.1, 0.15) is 85.7 Å². The van der Waals surface area contributed by atoms with Gasteiger partial charge in [0, 0.05) is 163 Å². The summed E-state index contributed by atoms with van der Waals surface area (Å²) < 4.78 is 26.8. The van der Waals surface area contributed by atoms with Crippen LogP contribution >= 0.6 is 22.7 Å². The summed E-state index contributed by atoms with van der Waals surface area (Å²) in [4.78, 5) is 90.8. The van der Waals surface area contributed by atoms with Crippen LogP contribution in [-0.4, -0.2) is 149 Å². The van der Waals surface area contributed by atoms with Crippen LogP contribution in [0.2, 0.25) is 0 Å². The number of hydrogen-bond acceptors (Lipinski definition) is 32. The Balaban J connectivity index is 0.000000124. The van der Waals surface area contributed by atoms with E-state index in [2.05, 4.69) is 182 Å². The molecule has 0 bridgehead atoms. The van der Waals surface area contributed by atoms with Crippen molar-refractivity contribution in [1.29, 1.82) is 0 Å². The molecule has 0 atom stereocenters. The van der Waals surface area contributed by atoms with Crippen LogP contribution in [-0.2, 0) is 0 Å². The largest absolute Gasteiger partial charge is 0.441 e. The van der Waals surface area contributed by atoms with Crippen molar-refractivity contribution in [2.45, 2.75) is 104 Å². The maximum atomic E-state index is 5.08. The highest BCUT2D eigenvalue weighted by atomic mass is 32.1. The molecule has 1 N–H and O–H groups in total. The van der Waals surface area contributed by atoms with Gasteiger partial charge >= 0.3 is 0 Å². The van der Waals surface area contributed by atoms with Crippen molar-refractivity contribution >= 4 is 160 Å². The summed E-state index contributed by atoms with van der Waals surface area (Å²) in [6, 6.07) is 49.4. The van der Waals surface area contributed by atoms with E-state index in [9.17, 15) is 0 Å². The minimum atomic E-state index is 0. The third-order valence-electron chi connectivity index (χ3n) is 21.9. The van der Waals surface area contributed by atoms with E-state index in [1.165, 1.54) is 67.5 Å². The fourth-order valence-corrected chi connectivity index (χ4v) is 15.5. The maximum absolute atomic E-state index is 5.08. The Bertz CT molecular complexity index is 7610. The van der Waals surface area contributed by atoms with E-state index in [-0.39, 0.29) is 7.43 Å². The SMILES string of the molecule is C.Cc1cccc2ccnn12.Cc1cccc2cn[nH]c12.Cc1cccn2ccnc12.Cc1ccnc2cccnc12.Cc1ccnc2ccncc12.Cc1ccnc2cnoc12.Cc1ccnc2conc12.Cc1ccnc2ncccc12.Cc1ccnc2ncoc12.Cc1ccnc2ncsc12.Cc1ccnc2ocnc12.Cc1ccnc2scnc12.Cc1cnc2ccncn12.Cc1ncnc2cnccc12. The molecular formula is C109H102N30O4S2. The molecule has 0 saturated carbocycles. The molecule has 27 heterocycles. The van der Waals surface area contributed by atoms with E-state index in [0.717, 1.165) is 149 Å². The minimum absolute atomic E-state index is 0. The Kier molecular flexibility index (Phi) is 35.9. The first-order valence-corrected chi connectivity index (χ1v) is 46.8. The van der Waals surface area contributed by atoms with E-state index in [0.29, 0.717) is 11.4 Å². The number of aryl methyl sites for hydroxylation is 14. The van der Waals surface area contributed by atoms with E-state index >= 15 is 0 Å². The lowest BCUT2D eigenvalue weighted by Gasteiger charge is -1.97. The number of nitrogens with one attached hydrogen (secondary N) is 1. The number of para-hydroxylation sites is 1. The van der Waals surface area contributed by atoms with Crippen molar-refractivity contribution < 1.29 is 17.9 Å². The number of H-pyrrole nitrogens is 1. The van der Waals surface area contributed by atoms with Crippen molar-refractivity contribution in [1.82, 2.24) is 149 Å². The van der Waals surface area contributed by atoms with Crippen LogP contribution in [0.5, 0.6) is 0 Å². The first kappa shape index (κ1) is 102. The summed E-state index contributed by atoms with van der Waals surface area (Å²) in [5.74, 6) is 0. The lowest BCUT2D eigenvalue weighted by Crippen LogP contribution is -1.90. The summed E-state index contributed by atoms with van der Waals surface area (Å²) >= 11 is 3.22. The predicted octanol–water partition coefficient (Wildman–Crippen LogP) is 24.1. The van der Waals surface area contributed by atoms with Gasteiger partial charge in [0.05, 0.1) is 67.4 Å². The molecule has 0 unspecified atom stereocenters. The van der Waals surface area contributed by atoms with Gasteiger partial charge in [0.25, 0.3) is 0 Å². The molecule has 0 radical (unpaired) electrons. The highest BCUT2D eigenvalue weighted by Crippen LogP contribution is 2.24. The van der Waals surface area contributed by atoms with E-state index in [1.54, 1.807) is 128 Å². The van der Waals surface area contributed by atoms with Gasteiger partial charge in [-0.05, 0) is 279 Å². The zero-order valence-corrected chi connectivity index (χ0v) is 82.8. The van der Waals surface area contributed by atoms with Crippen LogP contribution in [0, 0.1) is 96.9 Å². The van der Waals surface area contributed by atoms with Gasteiger partial charge in [-0.2, -0.15) is 15.2 Å².